The molecule has 1 aliphatic rings. The molecule has 0 aliphatic carbocycles. The molecule has 5 nitrogen and oxygen atoms in total. The molecule has 0 saturated carbocycles. The molecule has 1 heterocycles. The average Bonchev–Trinajstić information content (AvgIpc) is 2.70. The van der Waals surface area contributed by atoms with Crippen molar-refractivity contribution in [1.29, 1.82) is 0 Å². The summed E-state index contributed by atoms with van der Waals surface area (Å²) in [7, 11) is -3.53. The summed E-state index contributed by atoms with van der Waals surface area (Å²) in [4.78, 5) is 14.8. The summed E-state index contributed by atoms with van der Waals surface area (Å²) in [5, 5.41) is 0. The normalized spacial score (nSPS) is 16.2. The van der Waals surface area contributed by atoms with Gasteiger partial charge in [0.1, 0.15) is 5.82 Å². The Morgan fingerprint density at radius 2 is 1.67 bits per heavy atom. The van der Waals surface area contributed by atoms with Crippen LogP contribution in [-0.2, 0) is 14.8 Å². The zero-order valence-electron chi connectivity index (χ0n) is 15.2. The fourth-order valence-electron chi connectivity index (χ4n) is 3.39. The maximum Gasteiger partial charge on any atom is 0.243 e. The minimum atomic E-state index is -3.53. The zero-order valence-corrected chi connectivity index (χ0v) is 16.0. The van der Waals surface area contributed by atoms with Gasteiger partial charge in [0.15, 0.2) is 0 Å². The van der Waals surface area contributed by atoms with E-state index in [1.165, 1.54) is 16.4 Å². The number of nitrogens with zero attached hydrogens (tertiary/aromatic N) is 2. The number of carbonyl (C=O) groups excluding carboxylic acids is 1. The molecule has 2 aromatic carbocycles. The molecule has 1 fully saturated rings. The second-order valence-electron chi connectivity index (χ2n) is 6.55. The molecule has 0 spiro atoms. The van der Waals surface area contributed by atoms with Crippen LogP contribution in [0.25, 0.3) is 0 Å². The third-order valence-electron chi connectivity index (χ3n) is 4.90. The smallest absolute Gasteiger partial charge is 0.243 e. The Balaban J connectivity index is 1.67. The molecular formula is C20H23FN2O3S. The maximum absolute atomic E-state index is 13.1. The molecule has 27 heavy (non-hydrogen) atoms. The van der Waals surface area contributed by atoms with E-state index in [2.05, 4.69) is 0 Å². The molecule has 0 aromatic heterocycles. The van der Waals surface area contributed by atoms with Crippen LogP contribution in [-0.4, -0.2) is 38.3 Å². The lowest BCUT2D eigenvalue weighted by Crippen LogP contribution is -2.44. The van der Waals surface area contributed by atoms with Gasteiger partial charge in [-0.05, 0) is 56.2 Å². The second-order valence-corrected chi connectivity index (χ2v) is 8.49. The van der Waals surface area contributed by atoms with Crippen LogP contribution in [0.3, 0.4) is 0 Å². The summed E-state index contributed by atoms with van der Waals surface area (Å²) in [6.45, 7) is 2.98. The quantitative estimate of drug-likeness (QED) is 0.787. The second kappa shape index (κ2) is 8.19. The third-order valence-corrected chi connectivity index (χ3v) is 6.82. The highest BCUT2D eigenvalue weighted by Gasteiger charge is 2.33. The Bertz CT molecular complexity index is 877. The first kappa shape index (κ1) is 19.5. The fraction of sp³-hybridized carbons (Fsp3) is 0.350. The largest absolute Gasteiger partial charge is 0.312 e. The van der Waals surface area contributed by atoms with Crippen LogP contribution in [0.1, 0.15) is 19.8 Å². The number of sulfonamides is 1. The van der Waals surface area contributed by atoms with Crippen molar-refractivity contribution in [3.8, 4) is 0 Å². The van der Waals surface area contributed by atoms with Crippen LogP contribution in [0.5, 0.6) is 0 Å². The molecule has 0 atom stereocenters. The lowest BCUT2D eigenvalue weighted by Gasteiger charge is -2.33. The molecule has 0 bridgehead atoms. The van der Waals surface area contributed by atoms with E-state index in [1.807, 2.05) is 6.92 Å². The lowest BCUT2D eigenvalue weighted by molar-refractivity contribution is -0.123. The first-order chi connectivity index (χ1) is 12.9. The van der Waals surface area contributed by atoms with Crippen LogP contribution in [0.2, 0.25) is 0 Å². The molecule has 1 amide bonds. The van der Waals surface area contributed by atoms with Gasteiger partial charge in [-0.3, -0.25) is 4.79 Å². The number of carbonyl (C=O) groups is 1. The topological polar surface area (TPSA) is 57.7 Å². The summed E-state index contributed by atoms with van der Waals surface area (Å²) in [6, 6.07) is 14.2. The monoisotopic (exact) mass is 390 g/mol. The SMILES string of the molecule is CCN(C(=O)C1CCN(S(=O)(=O)c2ccccc2)CC1)c1ccc(F)cc1. The van der Waals surface area contributed by atoms with Crippen molar-refractivity contribution in [3.63, 3.8) is 0 Å². The lowest BCUT2D eigenvalue weighted by atomic mass is 9.96. The predicted octanol–water partition coefficient (Wildman–Crippen LogP) is 3.28. The van der Waals surface area contributed by atoms with E-state index in [0.717, 1.165) is 0 Å². The number of anilines is 1. The first-order valence-corrected chi connectivity index (χ1v) is 10.5. The van der Waals surface area contributed by atoms with Gasteiger partial charge in [-0.1, -0.05) is 18.2 Å². The molecule has 1 aliphatic heterocycles. The van der Waals surface area contributed by atoms with Crippen LogP contribution in [0, 0.1) is 11.7 Å². The standard InChI is InChI=1S/C20H23FN2O3S/c1-2-23(18-10-8-17(21)9-11-18)20(24)16-12-14-22(15-13-16)27(25,26)19-6-4-3-5-7-19/h3-11,16H,2,12-15H2,1H3. The van der Waals surface area contributed by atoms with E-state index in [4.69, 9.17) is 0 Å². The van der Waals surface area contributed by atoms with Crippen molar-refractivity contribution >= 4 is 21.6 Å². The summed E-state index contributed by atoms with van der Waals surface area (Å²) in [6.07, 6.45) is 0.950. The highest BCUT2D eigenvalue weighted by Crippen LogP contribution is 2.27. The molecule has 144 valence electrons. The van der Waals surface area contributed by atoms with E-state index in [0.29, 0.717) is 38.2 Å². The molecule has 0 unspecified atom stereocenters. The molecule has 1 saturated heterocycles. The van der Waals surface area contributed by atoms with E-state index >= 15 is 0 Å². The maximum atomic E-state index is 13.1. The van der Waals surface area contributed by atoms with Crippen LogP contribution >= 0.6 is 0 Å². The number of piperidine rings is 1. The highest BCUT2D eigenvalue weighted by atomic mass is 32.2. The summed E-state index contributed by atoms with van der Waals surface area (Å²) in [5.41, 5.74) is 0.656. The first-order valence-electron chi connectivity index (χ1n) is 9.05. The Labute approximate surface area is 159 Å². The predicted molar refractivity (Wildman–Crippen MR) is 102 cm³/mol. The molecule has 2 aromatic rings. The van der Waals surface area contributed by atoms with Gasteiger partial charge in [0.2, 0.25) is 15.9 Å². The van der Waals surface area contributed by atoms with Crippen molar-refractivity contribution in [2.75, 3.05) is 24.5 Å². The Kier molecular flexibility index (Phi) is 5.92. The van der Waals surface area contributed by atoms with Crippen LogP contribution in [0.15, 0.2) is 59.5 Å². The van der Waals surface area contributed by atoms with Crippen LogP contribution < -0.4 is 4.90 Å². The van der Waals surface area contributed by atoms with E-state index in [9.17, 15) is 17.6 Å². The fourth-order valence-corrected chi connectivity index (χ4v) is 4.88. The molecule has 0 N–H and O–H groups in total. The van der Waals surface area contributed by atoms with Gasteiger partial charge in [-0.15, -0.1) is 0 Å². The van der Waals surface area contributed by atoms with Gasteiger partial charge >= 0.3 is 0 Å². The number of hydrogen-bond acceptors (Lipinski definition) is 3. The van der Waals surface area contributed by atoms with Gasteiger partial charge in [-0.2, -0.15) is 4.31 Å². The van der Waals surface area contributed by atoms with Gasteiger partial charge < -0.3 is 4.90 Å². The van der Waals surface area contributed by atoms with Crippen molar-refractivity contribution < 1.29 is 17.6 Å². The number of hydrogen-bond donors (Lipinski definition) is 0. The number of rotatable bonds is 5. The Morgan fingerprint density at radius 3 is 2.22 bits per heavy atom. The Hall–Kier alpha value is -2.25. The highest BCUT2D eigenvalue weighted by molar-refractivity contribution is 7.89. The molecule has 7 heteroatoms. The van der Waals surface area contributed by atoms with Gasteiger partial charge in [0.25, 0.3) is 0 Å². The number of amides is 1. The number of benzene rings is 2. The van der Waals surface area contributed by atoms with E-state index in [-0.39, 0.29) is 22.5 Å². The van der Waals surface area contributed by atoms with Crippen molar-refractivity contribution in [3.05, 3.63) is 60.4 Å². The van der Waals surface area contributed by atoms with Crippen molar-refractivity contribution in [1.82, 2.24) is 4.31 Å². The zero-order chi connectivity index (χ0) is 19.4. The van der Waals surface area contributed by atoms with Crippen molar-refractivity contribution in [2.24, 2.45) is 5.92 Å². The average molecular weight is 390 g/mol. The van der Waals surface area contributed by atoms with E-state index in [1.54, 1.807) is 47.4 Å². The van der Waals surface area contributed by atoms with Gasteiger partial charge in [-0.25, -0.2) is 12.8 Å². The molecule has 0 radical (unpaired) electrons. The number of halogens is 1. The van der Waals surface area contributed by atoms with Gasteiger partial charge in [0.05, 0.1) is 4.90 Å². The molecular weight excluding hydrogens is 367 g/mol. The van der Waals surface area contributed by atoms with Crippen LogP contribution in [0.4, 0.5) is 10.1 Å². The minimum absolute atomic E-state index is 0.0409. The summed E-state index contributed by atoms with van der Waals surface area (Å²) in [5.74, 6) is -0.625. The summed E-state index contributed by atoms with van der Waals surface area (Å²) >= 11 is 0. The van der Waals surface area contributed by atoms with Gasteiger partial charge in [0, 0.05) is 31.2 Å². The summed E-state index contributed by atoms with van der Waals surface area (Å²) < 4.78 is 40.0. The third kappa shape index (κ3) is 4.20. The van der Waals surface area contributed by atoms with Crippen molar-refractivity contribution in [2.45, 2.75) is 24.7 Å². The van der Waals surface area contributed by atoms with E-state index < -0.39 is 10.0 Å². The minimum Gasteiger partial charge on any atom is -0.312 e. The molecule has 3 rings (SSSR count). The Morgan fingerprint density at radius 1 is 1.07 bits per heavy atom.